The van der Waals surface area contributed by atoms with Crippen LogP contribution in [0.4, 0.5) is 11.4 Å². The van der Waals surface area contributed by atoms with Crippen molar-refractivity contribution < 1.29 is 17.9 Å². The van der Waals surface area contributed by atoms with Crippen molar-refractivity contribution in [3.63, 3.8) is 0 Å². The molecule has 0 saturated carbocycles. The Labute approximate surface area is 183 Å². The van der Waals surface area contributed by atoms with Crippen LogP contribution in [0.5, 0.6) is 5.75 Å². The second-order valence-corrected chi connectivity index (χ2v) is 9.14. The smallest absolute Gasteiger partial charge is 0.264 e. The number of hydrogen-bond donors (Lipinski definition) is 1. The van der Waals surface area contributed by atoms with Crippen LogP contribution < -0.4 is 14.4 Å². The Hall–Kier alpha value is -3.32. The molecule has 0 aromatic heterocycles. The van der Waals surface area contributed by atoms with Gasteiger partial charge in [-0.25, -0.2) is 8.42 Å². The lowest BCUT2D eigenvalue weighted by Gasteiger charge is -2.19. The highest BCUT2D eigenvalue weighted by atomic mass is 32.2. The standard InChI is InChI=1S/C24H26N2O4S/c1-17-6-5-7-20(14-17)25-31(28,29)23-12-10-22(11-13-23)30-16-24(27)26(4)21-9-8-18(2)19(3)15-21/h5-15,25H,16H2,1-4H3. The van der Waals surface area contributed by atoms with E-state index in [1.165, 1.54) is 29.2 Å². The number of benzene rings is 3. The maximum atomic E-state index is 12.6. The zero-order valence-electron chi connectivity index (χ0n) is 18.0. The van der Waals surface area contributed by atoms with E-state index < -0.39 is 10.0 Å². The van der Waals surface area contributed by atoms with Crippen LogP contribution in [-0.4, -0.2) is 28.0 Å². The van der Waals surface area contributed by atoms with Crippen molar-refractivity contribution in [1.82, 2.24) is 0 Å². The minimum absolute atomic E-state index is 0.111. The molecule has 0 unspecified atom stereocenters. The Morgan fingerprint density at radius 1 is 0.935 bits per heavy atom. The van der Waals surface area contributed by atoms with Crippen molar-refractivity contribution in [2.75, 3.05) is 23.3 Å². The number of carbonyl (C=O) groups excluding carboxylic acids is 1. The van der Waals surface area contributed by atoms with E-state index in [0.29, 0.717) is 11.4 Å². The molecule has 0 heterocycles. The maximum Gasteiger partial charge on any atom is 0.264 e. The number of ether oxygens (including phenoxy) is 1. The molecule has 0 aliphatic carbocycles. The van der Waals surface area contributed by atoms with Gasteiger partial charge in [0.1, 0.15) is 5.75 Å². The highest BCUT2D eigenvalue weighted by Crippen LogP contribution is 2.21. The average Bonchev–Trinajstić information content (AvgIpc) is 2.73. The van der Waals surface area contributed by atoms with Crippen molar-refractivity contribution in [1.29, 1.82) is 0 Å². The topological polar surface area (TPSA) is 75.7 Å². The summed E-state index contributed by atoms with van der Waals surface area (Å²) in [5, 5.41) is 0. The van der Waals surface area contributed by atoms with Gasteiger partial charge in [-0.1, -0.05) is 18.2 Å². The van der Waals surface area contributed by atoms with E-state index in [2.05, 4.69) is 4.72 Å². The second-order valence-electron chi connectivity index (χ2n) is 7.46. The van der Waals surface area contributed by atoms with Crippen molar-refractivity contribution in [3.05, 3.63) is 83.4 Å². The zero-order valence-corrected chi connectivity index (χ0v) is 18.9. The van der Waals surface area contributed by atoms with Crippen LogP contribution in [0.15, 0.2) is 71.6 Å². The highest BCUT2D eigenvalue weighted by molar-refractivity contribution is 7.92. The maximum absolute atomic E-state index is 12.6. The van der Waals surface area contributed by atoms with Gasteiger partial charge in [0.05, 0.1) is 4.90 Å². The molecule has 0 fully saturated rings. The SMILES string of the molecule is Cc1cccc(NS(=O)(=O)c2ccc(OCC(=O)N(C)c3ccc(C)c(C)c3)cc2)c1. The van der Waals surface area contributed by atoms with Gasteiger partial charge in [-0.3, -0.25) is 9.52 Å². The van der Waals surface area contributed by atoms with Crippen LogP contribution >= 0.6 is 0 Å². The van der Waals surface area contributed by atoms with Crippen LogP contribution in [0.3, 0.4) is 0 Å². The number of rotatable bonds is 7. The van der Waals surface area contributed by atoms with Crippen molar-refractivity contribution in [2.45, 2.75) is 25.7 Å². The number of sulfonamides is 1. The Balaban J connectivity index is 1.62. The van der Waals surface area contributed by atoms with Gasteiger partial charge in [-0.15, -0.1) is 0 Å². The highest BCUT2D eigenvalue weighted by Gasteiger charge is 2.16. The molecule has 3 aromatic carbocycles. The Bertz CT molecular complexity index is 1190. The Kier molecular flexibility index (Phi) is 6.65. The summed E-state index contributed by atoms with van der Waals surface area (Å²) in [6, 6.07) is 18.9. The first-order chi connectivity index (χ1) is 14.7. The minimum atomic E-state index is -3.72. The summed E-state index contributed by atoms with van der Waals surface area (Å²) < 4.78 is 33.3. The summed E-state index contributed by atoms with van der Waals surface area (Å²) >= 11 is 0. The number of carbonyl (C=O) groups is 1. The summed E-state index contributed by atoms with van der Waals surface area (Å²) in [5.74, 6) is 0.206. The third kappa shape index (κ3) is 5.64. The van der Waals surface area contributed by atoms with Gasteiger partial charge in [0.2, 0.25) is 0 Å². The molecular weight excluding hydrogens is 412 g/mol. The molecule has 1 amide bonds. The van der Waals surface area contributed by atoms with Crippen molar-refractivity contribution in [3.8, 4) is 5.75 Å². The summed E-state index contributed by atoms with van der Waals surface area (Å²) in [6.45, 7) is 5.75. The fourth-order valence-electron chi connectivity index (χ4n) is 2.96. The molecule has 0 bridgehead atoms. The van der Waals surface area contributed by atoms with Gasteiger partial charge < -0.3 is 9.64 Å². The van der Waals surface area contributed by atoms with Crippen LogP contribution in [-0.2, 0) is 14.8 Å². The molecule has 0 spiro atoms. The summed E-state index contributed by atoms with van der Waals surface area (Å²) in [4.78, 5) is 14.1. The predicted molar refractivity (Wildman–Crippen MR) is 123 cm³/mol. The first-order valence-electron chi connectivity index (χ1n) is 9.82. The molecule has 0 saturated heterocycles. The minimum Gasteiger partial charge on any atom is -0.484 e. The second kappa shape index (κ2) is 9.22. The fourth-order valence-corrected chi connectivity index (χ4v) is 4.01. The van der Waals surface area contributed by atoms with Gasteiger partial charge in [-0.2, -0.15) is 0 Å². The normalized spacial score (nSPS) is 11.1. The van der Waals surface area contributed by atoms with E-state index in [9.17, 15) is 13.2 Å². The number of likely N-dealkylation sites (N-methyl/N-ethyl adjacent to an activating group) is 1. The predicted octanol–water partition coefficient (Wildman–Crippen LogP) is 4.45. The van der Waals surface area contributed by atoms with E-state index in [1.54, 1.807) is 25.2 Å². The summed E-state index contributed by atoms with van der Waals surface area (Å²) in [5.41, 5.74) is 4.52. The van der Waals surface area contributed by atoms with E-state index >= 15 is 0 Å². The number of amides is 1. The van der Waals surface area contributed by atoms with Gasteiger partial charge >= 0.3 is 0 Å². The third-order valence-corrected chi connectivity index (χ3v) is 6.42. The van der Waals surface area contributed by atoms with Crippen molar-refractivity contribution >= 4 is 27.3 Å². The molecule has 6 nitrogen and oxygen atoms in total. The van der Waals surface area contributed by atoms with E-state index in [0.717, 1.165) is 22.4 Å². The molecule has 1 N–H and O–H groups in total. The lowest BCUT2D eigenvalue weighted by atomic mass is 10.1. The van der Waals surface area contributed by atoms with Gasteiger partial charge in [0.15, 0.2) is 6.61 Å². The molecule has 0 aliphatic heterocycles. The number of nitrogens with zero attached hydrogens (tertiary/aromatic N) is 1. The van der Waals surface area contributed by atoms with Crippen LogP contribution in [0.25, 0.3) is 0 Å². The molecule has 3 aromatic rings. The Morgan fingerprint density at radius 2 is 1.65 bits per heavy atom. The molecule has 0 aliphatic rings. The molecular formula is C24H26N2O4S. The zero-order chi connectivity index (χ0) is 22.6. The molecule has 162 valence electrons. The van der Waals surface area contributed by atoms with Crippen LogP contribution in [0, 0.1) is 20.8 Å². The molecule has 0 radical (unpaired) electrons. The first kappa shape index (κ1) is 22.4. The number of aryl methyl sites for hydroxylation is 3. The largest absolute Gasteiger partial charge is 0.484 e. The number of anilines is 2. The van der Waals surface area contributed by atoms with Gasteiger partial charge in [-0.05, 0) is 86.0 Å². The monoisotopic (exact) mass is 438 g/mol. The summed E-state index contributed by atoms with van der Waals surface area (Å²) in [6.07, 6.45) is 0. The van der Waals surface area contributed by atoms with Crippen LogP contribution in [0.2, 0.25) is 0 Å². The molecule has 0 atom stereocenters. The molecule has 7 heteroatoms. The quantitative estimate of drug-likeness (QED) is 0.591. The lowest BCUT2D eigenvalue weighted by Crippen LogP contribution is -2.31. The van der Waals surface area contributed by atoms with Crippen molar-refractivity contribution in [2.24, 2.45) is 0 Å². The first-order valence-corrected chi connectivity index (χ1v) is 11.3. The summed E-state index contributed by atoms with van der Waals surface area (Å²) in [7, 11) is -2.02. The number of nitrogens with one attached hydrogen (secondary N) is 1. The number of hydrogen-bond acceptors (Lipinski definition) is 4. The third-order valence-electron chi connectivity index (χ3n) is 5.02. The van der Waals surface area contributed by atoms with E-state index in [4.69, 9.17) is 4.74 Å². The Morgan fingerprint density at radius 3 is 2.29 bits per heavy atom. The lowest BCUT2D eigenvalue weighted by molar-refractivity contribution is -0.120. The average molecular weight is 439 g/mol. The fraction of sp³-hybridized carbons (Fsp3) is 0.208. The van der Waals surface area contributed by atoms with Gasteiger partial charge in [0.25, 0.3) is 15.9 Å². The van der Waals surface area contributed by atoms with Crippen LogP contribution in [0.1, 0.15) is 16.7 Å². The molecule has 31 heavy (non-hydrogen) atoms. The molecule has 3 rings (SSSR count). The van der Waals surface area contributed by atoms with E-state index in [1.807, 2.05) is 45.0 Å². The van der Waals surface area contributed by atoms with Gasteiger partial charge in [0, 0.05) is 18.4 Å². The van der Waals surface area contributed by atoms with E-state index in [-0.39, 0.29) is 17.4 Å².